The van der Waals surface area contributed by atoms with Crippen LogP contribution in [0.3, 0.4) is 0 Å². The average Bonchev–Trinajstić information content (AvgIpc) is 3.38. The Morgan fingerprint density at radius 1 is 1.07 bits per heavy atom. The molecule has 136 valence electrons. The van der Waals surface area contributed by atoms with Crippen molar-refractivity contribution in [3.8, 4) is 11.4 Å². The maximum Gasteiger partial charge on any atom is 0.188 e. The predicted octanol–water partition coefficient (Wildman–Crippen LogP) is 3.39. The van der Waals surface area contributed by atoms with Gasteiger partial charge >= 0.3 is 0 Å². The quantitative estimate of drug-likeness (QED) is 0.604. The molecule has 0 bridgehead atoms. The molecule has 5 rings (SSSR count). The standard InChI is InChI=1S/C19H18FN7/c20-15-6-2-1-5-14(15)19-24-23-17-8-9-18(25-27(17)19)26-10-4-3-7-16(26)13-11-21-22-12-13/h1-2,5-6,8-9,11-12,16H,3-4,7,10H2,(H,21,22). The van der Waals surface area contributed by atoms with Crippen molar-refractivity contribution in [1.82, 2.24) is 30.0 Å². The summed E-state index contributed by atoms with van der Waals surface area (Å²) in [6.45, 7) is 0.908. The molecule has 1 atom stereocenters. The van der Waals surface area contributed by atoms with Crippen molar-refractivity contribution in [2.24, 2.45) is 0 Å². The van der Waals surface area contributed by atoms with Crippen LogP contribution < -0.4 is 4.90 Å². The maximum absolute atomic E-state index is 14.3. The van der Waals surface area contributed by atoms with Gasteiger partial charge in [-0.3, -0.25) is 5.10 Å². The zero-order valence-corrected chi connectivity index (χ0v) is 14.6. The van der Waals surface area contributed by atoms with E-state index in [-0.39, 0.29) is 11.9 Å². The first-order valence-corrected chi connectivity index (χ1v) is 9.04. The molecule has 0 spiro atoms. The molecule has 3 aromatic heterocycles. The molecule has 27 heavy (non-hydrogen) atoms. The number of nitrogens with zero attached hydrogens (tertiary/aromatic N) is 6. The van der Waals surface area contributed by atoms with Crippen molar-refractivity contribution in [2.75, 3.05) is 11.4 Å². The van der Waals surface area contributed by atoms with Crippen LogP contribution in [0.5, 0.6) is 0 Å². The molecule has 1 fully saturated rings. The van der Waals surface area contributed by atoms with Gasteiger partial charge in [0, 0.05) is 18.3 Å². The molecule has 0 aliphatic carbocycles. The monoisotopic (exact) mass is 363 g/mol. The number of aromatic amines is 1. The van der Waals surface area contributed by atoms with Crippen molar-refractivity contribution in [1.29, 1.82) is 0 Å². The highest BCUT2D eigenvalue weighted by Gasteiger charge is 2.26. The van der Waals surface area contributed by atoms with E-state index in [1.54, 1.807) is 22.7 Å². The minimum Gasteiger partial charge on any atom is -0.348 e. The smallest absolute Gasteiger partial charge is 0.188 e. The Bertz CT molecular complexity index is 1070. The molecule has 1 aromatic carbocycles. The first-order chi connectivity index (χ1) is 13.3. The van der Waals surface area contributed by atoms with Gasteiger partial charge in [-0.25, -0.2) is 4.39 Å². The summed E-state index contributed by atoms with van der Waals surface area (Å²) in [4.78, 5) is 2.28. The lowest BCUT2D eigenvalue weighted by molar-refractivity contribution is 0.467. The van der Waals surface area contributed by atoms with Crippen molar-refractivity contribution >= 4 is 11.5 Å². The fraction of sp³-hybridized carbons (Fsp3) is 0.263. The number of hydrogen-bond acceptors (Lipinski definition) is 5. The van der Waals surface area contributed by atoms with Crippen LogP contribution in [0.15, 0.2) is 48.8 Å². The molecule has 1 aliphatic rings. The molecule has 0 saturated carbocycles. The summed E-state index contributed by atoms with van der Waals surface area (Å²) >= 11 is 0. The van der Waals surface area contributed by atoms with Crippen molar-refractivity contribution in [2.45, 2.75) is 25.3 Å². The van der Waals surface area contributed by atoms with Crippen LogP contribution in [0.2, 0.25) is 0 Å². The lowest BCUT2D eigenvalue weighted by atomic mass is 9.97. The van der Waals surface area contributed by atoms with Gasteiger partial charge < -0.3 is 4.90 Å². The van der Waals surface area contributed by atoms with Crippen LogP contribution >= 0.6 is 0 Å². The van der Waals surface area contributed by atoms with Gasteiger partial charge in [-0.05, 0) is 43.5 Å². The normalized spacial score (nSPS) is 17.5. The molecule has 4 aromatic rings. The van der Waals surface area contributed by atoms with Gasteiger partial charge in [0.2, 0.25) is 0 Å². The van der Waals surface area contributed by atoms with E-state index in [4.69, 9.17) is 5.10 Å². The van der Waals surface area contributed by atoms with Crippen LogP contribution in [0.1, 0.15) is 30.9 Å². The SMILES string of the molecule is Fc1ccccc1-c1nnc2ccc(N3CCCCC3c3cn[nH]c3)nn12. The Labute approximate surface area is 154 Å². The average molecular weight is 363 g/mol. The number of benzene rings is 1. The second-order valence-corrected chi connectivity index (χ2v) is 6.70. The number of rotatable bonds is 3. The Morgan fingerprint density at radius 2 is 2.00 bits per heavy atom. The van der Waals surface area contributed by atoms with Gasteiger partial charge in [0.1, 0.15) is 11.6 Å². The van der Waals surface area contributed by atoms with Crippen LogP contribution in [-0.4, -0.2) is 36.6 Å². The minimum atomic E-state index is -0.340. The molecular weight excluding hydrogens is 345 g/mol. The van der Waals surface area contributed by atoms with Crippen LogP contribution in [-0.2, 0) is 0 Å². The van der Waals surface area contributed by atoms with Gasteiger partial charge in [0.25, 0.3) is 0 Å². The highest BCUT2D eigenvalue weighted by atomic mass is 19.1. The molecule has 0 amide bonds. The third kappa shape index (κ3) is 2.73. The zero-order chi connectivity index (χ0) is 18.2. The molecule has 4 heterocycles. The summed E-state index contributed by atoms with van der Waals surface area (Å²) < 4.78 is 15.9. The number of aromatic nitrogens is 6. The fourth-order valence-corrected chi connectivity index (χ4v) is 3.74. The predicted molar refractivity (Wildman–Crippen MR) is 98.7 cm³/mol. The first kappa shape index (κ1) is 15.9. The number of fused-ring (bicyclic) bond motifs is 1. The van der Waals surface area contributed by atoms with E-state index in [1.165, 1.54) is 12.5 Å². The van der Waals surface area contributed by atoms with Crippen molar-refractivity contribution in [3.63, 3.8) is 0 Å². The summed E-state index contributed by atoms with van der Waals surface area (Å²) in [6.07, 6.45) is 7.12. The number of hydrogen-bond donors (Lipinski definition) is 1. The molecule has 8 heteroatoms. The third-order valence-corrected chi connectivity index (χ3v) is 5.06. The van der Waals surface area contributed by atoms with E-state index in [1.807, 2.05) is 24.5 Å². The van der Waals surface area contributed by atoms with Gasteiger partial charge in [0.15, 0.2) is 11.5 Å². The fourth-order valence-electron chi connectivity index (χ4n) is 3.74. The lowest BCUT2D eigenvalue weighted by Gasteiger charge is -2.36. The lowest BCUT2D eigenvalue weighted by Crippen LogP contribution is -2.34. The minimum absolute atomic E-state index is 0.218. The summed E-state index contributed by atoms with van der Waals surface area (Å²) in [5, 5.41) is 20.0. The largest absolute Gasteiger partial charge is 0.348 e. The number of anilines is 1. The molecule has 7 nitrogen and oxygen atoms in total. The topological polar surface area (TPSA) is 75.0 Å². The maximum atomic E-state index is 14.3. The summed E-state index contributed by atoms with van der Waals surface area (Å²) in [5.41, 5.74) is 2.13. The van der Waals surface area contributed by atoms with Gasteiger partial charge in [0.05, 0.1) is 17.8 Å². The second-order valence-electron chi connectivity index (χ2n) is 6.70. The van der Waals surface area contributed by atoms with E-state index in [2.05, 4.69) is 25.3 Å². The van der Waals surface area contributed by atoms with Gasteiger partial charge in [-0.2, -0.15) is 9.61 Å². The van der Waals surface area contributed by atoms with Crippen LogP contribution in [0.25, 0.3) is 17.0 Å². The first-order valence-electron chi connectivity index (χ1n) is 9.04. The van der Waals surface area contributed by atoms with Gasteiger partial charge in [-0.15, -0.1) is 15.3 Å². The van der Waals surface area contributed by atoms with E-state index >= 15 is 0 Å². The molecular formula is C19H18FN7. The van der Waals surface area contributed by atoms with E-state index in [0.29, 0.717) is 17.0 Å². The Morgan fingerprint density at radius 3 is 2.85 bits per heavy atom. The number of H-pyrrole nitrogens is 1. The molecule has 1 unspecified atom stereocenters. The van der Waals surface area contributed by atoms with Crippen LogP contribution in [0, 0.1) is 5.82 Å². The molecule has 0 radical (unpaired) electrons. The number of nitrogens with one attached hydrogen (secondary N) is 1. The summed E-state index contributed by atoms with van der Waals surface area (Å²) in [5.74, 6) is 0.890. The summed E-state index contributed by atoms with van der Waals surface area (Å²) in [7, 11) is 0. The van der Waals surface area contributed by atoms with E-state index in [0.717, 1.165) is 30.8 Å². The van der Waals surface area contributed by atoms with Crippen molar-refractivity contribution < 1.29 is 4.39 Å². The number of piperidine rings is 1. The second kappa shape index (κ2) is 6.46. The molecule has 1 aliphatic heterocycles. The Hall–Kier alpha value is -3.29. The van der Waals surface area contributed by atoms with Crippen molar-refractivity contribution in [3.05, 3.63) is 60.2 Å². The highest BCUT2D eigenvalue weighted by Crippen LogP contribution is 2.34. The van der Waals surface area contributed by atoms with E-state index in [9.17, 15) is 4.39 Å². The van der Waals surface area contributed by atoms with Crippen LogP contribution in [0.4, 0.5) is 10.2 Å². The zero-order valence-electron chi connectivity index (χ0n) is 14.6. The molecule has 1 saturated heterocycles. The third-order valence-electron chi connectivity index (χ3n) is 5.06. The number of halogens is 1. The highest BCUT2D eigenvalue weighted by molar-refractivity contribution is 5.60. The summed E-state index contributed by atoms with van der Waals surface area (Å²) in [6, 6.07) is 10.6. The van der Waals surface area contributed by atoms with E-state index < -0.39 is 0 Å². The van der Waals surface area contributed by atoms with Gasteiger partial charge in [-0.1, -0.05) is 12.1 Å². The molecule has 1 N–H and O–H groups in total. The Balaban J connectivity index is 1.60. The Kier molecular flexibility index (Phi) is 3.81.